The van der Waals surface area contributed by atoms with Crippen LogP contribution in [0.1, 0.15) is 18.9 Å². The number of halogens is 1. The summed E-state index contributed by atoms with van der Waals surface area (Å²) >= 11 is 3.60. The van der Waals surface area contributed by atoms with Gasteiger partial charge in [0.2, 0.25) is 0 Å². The van der Waals surface area contributed by atoms with Crippen LogP contribution in [0.5, 0.6) is 5.75 Å². The zero-order valence-electron chi connectivity index (χ0n) is 8.53. The Morgan fingerprint density at radius 3 is 2.87 bits per heavy atom. The van der Waals surface area contributed by atoms with Gasteiger partial charge in [-0.2, -0.15) is 0 Å². The molecule has 0 radical (unpaired) electrons. The lowest BCUT2D eigenvalue weighted by molar-refractivity contribution is 0.415. The van der Waals surface area contributed by atoms with E-state index < -0.39 is 0 Å². The zero-order chi connectivity index (χ0) is 10.4. The fourth-order valence-corrected chi connectivity index (χ4v) is 2.51. The average molecular weight is 266 g/mol. The number of aromatic nitrogens is 1. The van der Waals surface area contributed by atoms with Crippen LogP contribution in [0.2, 0.25) is 0 Å². The molecule has 0 atom stereocenters. The first-order valence-corrected chi connectivity index (χ1v) is 5.93. The quantitative estimate of drug-likeness (QED) is 0.807. The third kappa shape index (κ3) is 1.46. The summed E-state index contributed by atoms with van der Waals surface area (Å²) in [5, 5.41) is 1.24. The summed E-state index contributed by atoms with van der Waals surface area (Å²) in [6, 6.07) is 6.95. The van der Waals surface area contributed by atoms with Gasteiger partial charge in [-0.05, 0) is 47.0 Å². The lowest BCUT2D eigenvalue weighted by Crippen LogP contribution is -1.90. The van der Waals surface area contributed by atoms with Crippen molar-refractivity contribution in [2.75, 3.05) is 7.11 Å². The summed E-state index contributed by atoms with van der Waals surface area (Å²) in [6.07, 6.45) is 4.80. The molecular weight excluding hydrogens is 254 g/mol. The Morgan fingerprint density at radius 2 is 2.20 bits per heavy atom. The van der Waals surface area contributed by atoms with Gasteiger partial charge in [0.25, 0.3) is 0 Å². The van der Waals surface area contributed by atoms with E-state index in [1.54, 1.807) is 7.11 Å². The third-order valence-electron chi connectivity index (χ3n) is 2.93. The minimum Gasteiger partial charge on any atom is -0.497 e. The molecule has 0 spiro atoms. The van der Waals surface area contributed by atoms with Crippen LogP contribution in [0.3, 0.4) is 0 Å². The molecule has 1 heterocycles. The second kappa shape index (κ2) is 3.27. The molecule has 1 aromatic carbocycles. The normalized spacial score (nSPS) is 15.9. The molecule has 15 heavy (non-hydrogen) atoms. The largest absolute Gasteiger partial charge is 0.497 e. The standard InChI is InChI=1S/C12H12BrNO/c1-15-9-4-5-12-10(6-9)11(13)7-14(12)8-2-3-8/h4-8H,2-3H2,1H3. The highest BCUT2D eigenvalue weighted by molar-refractivity contribution is 9.10. The van der Waals surface area contributed by atoms with E-state index in [2.05, 4.69) is 38.8 Å². The van der Waals surface area contributed by atoms with Crippen molar-refractivity contribution in [2.45, 2.75) is 18.9 Å². The van der Waals surface area contributed by atoms with Gasteiger partial charge >= 0.3 is 0 Å². The van der Waals surface area contributed by atoms with Gasteiger partial charge < -0.3 is 9.30 Å². The second-order valence-electron chi connectivity index (χ2n) is 4.00. The molecule has 1 saturated carbocycles. The van der Waals surface area contributed by atoms with Crippen LogP contribution < -0.4 is 4.74 Å². The lowest BCUT2D eigenvalue weighted by atomic mass is 10.2. The average Bonchev–Trinajstić information content (AvgIpc) is 3.05. The summed E-state index contributed by atoms with van der Waals surface area (Å²) in [4.78, 5) is 0. The van der Waals surface area contributed by atoms with Crippen LogP contribution in [0.25, 0.3) is 10.9 Å². The van der Waals surface area contributed by atoms with E-state index in [-0.39, 0.29) is 0 Å². The van der Waals surface area contributed by atoms with E-state index in [0.717, 1.165) is 10.2 Å². The van der Waals surface area contributed by atoms with Gasteiger partial charge in [0.05, 0.1) is 7.11 Å². The molecule has 78 valence electrons. The zero-order valence-corrected chi connectivity index (χ0v) is 10.1. The van der Waals surface area contributed by atoms with Crippen molar-refractivity contribution in [3.05, 3.63) is 28.9 Å². The van der Waals surface area contributed by atoms with Crippen LogP contribution >= 0.6 is 15.9 Å². The molecule has 1 fully saturated rings. The molecule has 2 aromatic rings. The summed E-state index contributed by atoms with van der Waals surface area (Å²) in [5.74, 6) is 0.914. The van der Waals surface area contributed by atoms with Gasteiger partial charge in [-0.1, -0.05) is 0 Å². The van der Waals surface area contributed by atoms with Crippen molar-refractivity contribution in [2.24, 2.45) is 0 Å². The van der Waals surface area contributed by atoms with E-state index in [0.29, 0.717) is 6.04 Å². The first kappa shape index (κ1) is 9.28. The SMILES string of the molecule is COc1ccc2c(c1)c(Br)cn2C1CC1. The van der Waals surface area contributed by atoms with Gasteiger partial charge in [0.15, 0.2) is 0 Å². The van der Waals surface area contributed by atoms with Gasteiger partial charge in [-0.15, -0.1) is 0 Å². The molecule has 0 aliphatic heterocycles. The van der Waals surface area contributed by atoms with Crippen molar-refractivity contribution in [1.82, 2.24) is 4.57 Å². The fourth-order valence-electron chi connectivity index (χ4n) is 1.97. The number of hydrogen-bond acceptors (Lipinski definition) is 1. The van der Waals surface area contributed by atoms with Crippen molar-refractivity contribution in [3.8, 4) is 5.75 Å². The first-order valence-electron chi connectivity index (χ1n) is 5.13. The number of fused-ring (bicyclic) bond motifs is 1. The molecule has 1 aliphatic carbocycles. The molecule has 0 amide bonds. The van der Waals surface area contributed by atoms with Crippen LogP contribution in [-0.2, 0) is 0 Å². The number of nitrogens with zero attached hydrogens (tertiary/aromatic N) is 1. The maximum absolute atomic E-state index is 5.23. The maximum atomic E-state index is 5.23. The van der Waals surface area contributed by atoms with Crippen molar-refractivity contribution in [1.29, 1.82) is 0 Å². The van der Waals surface area contributed by atoms with Gasteiger partial charge in [0.1, 0.15) is 5.75 Å². The highest BCUT2D eigenvalue weighted by Crippen LogP contribution is 2.40. The predicted octanol–water partition coefficient (Wildman–Crippen LogP) is 3.75. The Labute approximate surface area is 97.0 Å². The molecular formula is C12H12BrNO. The summed E-state index contributed by atoms with van der Waals surface area (Å²) in [7, 11) is 1.70. The van der Waals surface area contributed by atoms with Crippen LogP contribution in [0, 0.1) is 0 Å². The van der Waals surface area contributed by atoms with E-state index in [1.165, 1.54) is 23.7 Å². The number of ether oxygens (including phenoxy) is 1. The predicted molar refractivity (Wildman–Crippen MR) is 64.5 cm³/mol. The minimum absolute atomic E-state index is 0.715. The number of methoxy groups -OCH3 is 1. The van der Waals surface area contributed by atoms with Crippen LogP contribution in [0.15, 0.2) is 28.9 Å². The molecule has 3 rings (SSSR count). The molecule has 1 aliphatic rings. The number of benzene rings is 1. The highest BCUT2D eigenvalue weighted by Gasteiger charge is 2.25. The van der Waals surface area contributed by atoms with Crippen LogP contribution in [-0.4, -0.2) is 11.7 Å². The van der Waals surface area contributed by atoms with Gasteiger partial charge in [-0.25, -0.2) is 0 Å². The minimum atomic E-state index is 0.715. The fraction of sp³-hybridized carbons (Fsp3) is 0.333. The molecule has 2 nitrogen and oxygen atoms in total. The van der Waals surface area contributed by atoms with E-state index in [1.807, 2.05) is 6.07 Å². The highest BCUT2D eigenvalue weighted by atomic mass is 79.9. The van der Waals surface area contributed by atoms with E-state index >= 15 is 0 Å². The van der Waals surface area contributed by atoms with E-state index in [9.17, 15) is 0 Å². The van der Waals surface area contributed by atoms with Crippen molar-refractivity contribution < 1.29 is 4.74 Å². The maximum Gasteiger partial charge on any atom is 0.119 e. The first-order chi connectivity index (χ1) is 7.29. The van der Waals surface area contributed by atoms with E-state index in [4.69, 9.17) is 4.74 Å². The van der Waals surface area contributed by atoms with Crippen molar-refractivity contribution >= 4 is 26.8 Å². The monoisotopic (exact) mass is 265 g/mol. The summed E-state index contributed by atoms with van der Waals surface area (Å²) < 4.78 is 8.75. The summed E-state index contributed by atoms with van der Waals surface area (Å²) in [5.41, 5.74) is 1.30. The number of rotatable bonds is 2. The molecule has 0 bridgehead atoms. The van der Waals surface area contributed by atoms with Gasteiger partial charge in [0, 0.05) is 27.6 Å². The van der Waals surface area contributed by atoms with Crippen molar-refractivity contribution in [3.63, 3.8) is 0 Å². The lowest BCUT2D eigenvalue weighted by Gasteiger charge is -2.03. The molecule has 0 saturated heterocycles. The Kier molecular flexibility index (Phi) is 2.02. The topological polar surface area (TPSA) is 14.2 Å². The molecule has 0 unspecified atom stereocenters. The molecule has 0 N–H and O–H groups in total. The molecule has 1 aromatic heterocycles. The Bertz CT molecular complexity index is 514. The van der Waals surface area contributed by atoms with Crippen LogP contribution in [0.4, 0.5) is 0 Å². The second-order valence-corrected chi connectivity index (χ2v) is 4.85. The smallest absolute Gasteiger partial charge is 0.119 e. The Morgan fingerprint density at radius 1 is 1.40 bits per heavy atom. The van der Waals surface area contributed by atoms with Gasteiger partial charge in [-0.3, -0.25) is 0 Å². The molecule has 3 heteroatoms. The Hall–Kier alpha value is -0.960. The number of hydrogen-bond donors (Lipinski definition) is 0. The summed E-state index contributed by atoms with van der Waals surface area (Å²) in [6.45, 7) is 0. The Balaban J connectivity index is 2.23. The third-order valence-corrected chi connectivity index (χ3v) is 3.56.